The summed E-state index contributed by atoms with van der Waals surface area (Å²) in [7, 11) is 0. The molecule has 1 aliphatic heterocycles. The zero-order valence-corrected chi connectivity index (χ0v) is 11.2. The van der Waals surface area contributed by atoms with Crippen LogP contribution < -0.4 is 5.73 Å². The summed E-state index contributed by atoms with van der Waals surface area (Å²) in [6.45, 7) is 5.21. The third-order valence-corrected chi connectivity index (χ3v) is 4.01. The maximum atomic E-state index is 9.67. The molecule has 0 aliphatic carbocycles. The Bertz CT molecular complexity index is 360. The molecular formula is C15H24N2O. The highest BCUT2D eigenvalue weighted by molar-refractivity contribution is 5.24. The van der Waals surface area contributed by atoms with Crippen molar-refractivity contribution in [1.29, 1.82) is 0 Å². The molecule has 1 aliphatic rings. The monoisotopic (exact) mass is 248 g/mol. The summed E-state index contributed by atoms with van der Waals surface area (Å²) >= 11 is 0. The smallest absolute Gasteiger partial charge is 0.0772 e. The summed E-state index contributed by atoms with van der Waals surface area (Å²) in [4.78, 5) is 2.38. The predicted molar refractivity (Wildman–Crippen MR) is 74.2 cm³/mol. The molecule has 0 radical (unpaired) electrons. The summed E-state index contributed by atoms with van der Waals surface area (Å²) in [5.41, 5.74) is 6.77. The van der Waals surface area contributed by atoms with Crippen LogP contribution in [0.5, 0.6) is 0 Å². The van der Waals surface area contributed by atoms with Gasteiger partial charge in [0.2, 0.25) is 0 Å². The van der Waals surface area contributed by atoms with E-state index in [1.807, 2.05) is 30.3 Å². The zero-order chi connectivity index (χ0) is 13.0. The van der Waals surface area contributed by atoms with Gasteiger partial charge in [-0.25, -0.2) is 0 Å². The van der Waals surface area contributed by atoms with Gasteiger partial charge in [0.15, 0.2) is 0 Å². The Hall–Kier alpha value is -0.900. The lowest BCUT2D eigenvalue weighted by molar-refractivity contribution is 0.111. The van der Waals surface area contributed by atoms with Crippen LogP contribution in [-0.2, 0) is 5.54 Å². The molecule has 1 unspecified atom stereocenters. The second-order valence-electron chi connectivity index (χ2n) is 5.64. The van der Waals surface area contributed by atoms with E-state index in [0.717, 1.165) is 31.1 Å². The third-order valence-electron chi connectivity index (χ3n) is 4.01. The minimum Gasteiger partial charge on any atom is -0.394 e. The Balaban J connectivity index is 2.04. The van der Waals surface area contributed by atoms with Crippen molar-refractivity contribution >= 4 is 0 Å². The molecule has 1 saturated heterocycles. The van der Waals surface area contributed by atoms with Gasteiger partial charge in [0.25, 0.3) is 0 Å². The van der Waals surface area contributed by atoms with Crippen LogP contribution in [0.4, 0.5) is 0 Å². The normalized spacial score (nSPS) is 21.7. The van der Waals surface area contributed by atoms with Crippen LogP contribution in [0.25, 0.3) is 0 Å². The second kappa shape index (κ2) is 5.83. The van der Waals surface area contributed by atoms with Crippen molar-refractivity contribution in [3.05, 3.63) is 35.9 Å². The van der Waals surface area contributed by atoms with Crippen molar-refractivity contribution in [3.63, 3.8) is 0 Å². The highest BCUT2D eigenvalue weighted by Crippen LogP contribution is 2.23. The zero-order valence-electron chi connectivity index (χ0n) is 11.2. The van der Waals surface area contributed by atoms with Crippen LogP contribution in [0, 0.1) is 5.92 Å². The SMILES string of the molecule is CC1CCN(CC(N)(CO)c2ccccc2)CC1. The minimum absolute atomic E-state index is 0.0108. The van der Waals surface area contributed by atoms with Crippen LogP contribution in [0.2, 0.25) is 0 Å². The van der Waals surface area contributed by atoms with E-state index in [1.54, 1.807) is 0 Å². The van der Waals surface area contributed by atoms with Crippen molar-refractivity contribution < 1.29 is 5.11 Å². The third kappa shape index (κ3) is 3.10. The van der Waals surface area contributed by atoms with E-state index >= 15 is 0 Å². The molecule has 1 aromatic carbocycles. The number of aliphatic hydroxyl groups excluding tert-OH is 1. The molecule has 0 bridgehead atoms. The fraction of sp³-hybridized carbons (Fsp3) is 0.600. The second-order valence-corrected chi connectivity index (χ2v) is 5.64. The van der Waals surface area contributed by atoms with Crippen molar-refractivity contribution in [2.45, 2.75) is 25.3 Å². The number of hydrogen-bond acceptors (Lipinski definition) is 3. The molecule has 0 amide bonds. The first-order chi connectivity index (χ1) is 8.64. The first-order valence-corrected chi connectivity index (χ1v) is 6.82. The van der Waals surface area contributed by atoms with E-state index in [0.29, 0.717) is 0 Å². The molecule has 1 atom stereocenters. The molecule has 2 rings (SSSR count). The van der Waals surface area contributed by atoms with Crippen molar-refractivity contribution in [2.24, 2.45) is 11.7 Å². The van der Waals surface area contributed by atoms with Gasteiger partial charge >= 0.3 is 0 Å². The molecule has 1 aromatic rings. The van der Waals surface area contributed by atoms with Crippen LogP contribution >= 0.6 is 0 Å². The fourth-order valence-electron chi connectivity index (χ4n) is 2.62. The molecule has 0 saturated carbocycles. The number of aliphatic hydroxyl groups is 1. The van der Waals surface area contributed by atoms with Crippen LogP contribution in [0.15, 0.2) is 30.3 Å². The molecule has 18 heavy (non-hydrogen) atoms. The van der Waals surface area contributed by atoms with Crippen LogP contribution in [0.3, 0.4) is 0 Å². The molecule has 3 nitrogen and oxygen atoms in total. The van der Waals surface area contributed by atoms with E-state index in [-0.39, 0.29) is 6.61 Å². The van der Waals surface area contributed by atoms with Gasteiger partial charge in [-0.05, 0) is 37.4 Å². The maximum Gasteiger partial charge on any atom is 0.0772 e. The number of piperidine rings is 1. The number of benzene rings is 1. The van der Waals surface area contributed by atoms with Gasteiger partial charge < -0.3 is 15.7 Å². The Kier molecular flexibility index (Phi) is 4.38. The number of likely N-dealkylation sites (tertiary alicyclic amines) is 1. The van der Waals surface area contributed by atoms with Gasteiger partial charge in [0, 0.05) is 6.54 Å². The first kappa shape index (κ1) is 13.5. The predicted octanol–water partition coefficient (Wildman–Crippen LogP) is 1.56. The first-order valence-electron chi connectivity index (χ1n) is 6.82. The summed E-state index contributed by atoms with van der Waals surface area (Å²) in [5.74, 6) is 0.819. The summed E-state index contributed by atoms with van der Waals surface area (Å²) < 4.78 is 0. The molecular weight excluding hydrogens is 224 g/mol. The Labute approximate surface area is 110 Å². The van der Waals surface area contributed by atoms with Crippen molar-refractivity contribution in [1.82, 2.24) is 4.90 Å². The number of nitrogens with zero attached hydrogens (tertiary/aromatic N) is 1. The van der Waals surface area contributed by atoms with E-state index in [2.05, 4.69) is 11.8 Å². The van der Waals surface area contributed by atoms with Crippen molar-refractivity contribution in [2.75, 3.05) is 26.2 Å². The number of hydrogen-bond donors (Lipinski definition) is 2. The number of rotatable bonds is 4. The van der Waals surface area contributed by atoms with Crippen molar-refractivity contribution in [3.8, 4) is 0 Å². The average Bonchev–Trinajstić information content (AvgIpc) is 2.42. The largest absolute Gasteiger partial charge is 0.394 e. The topological polar surface area (TPSA) is 49.5 Å². The quantitative estimate of drug-likeness (QED) is 0.850. The Morgan fingerprint density at radius 1 is 1.28 bits per heavy atom. The van der Waals surface area contributed by atoms with Gasteiger partial charge in [0.05, 0.1) is 12.1 Å². The van der Waals surface area contributed by atoms with Gasteiger partial charge in [-0.1, -0.05) is 37.3 Å². The number of nitrogens with two attached hydrogens (primary N) is 1. The van der Waals surface area contributed by atoms with E-state index in [4.69, 9.17) is 5.73 Å². The van der Waals surface area contributed by atoms with Gasteiger partial charge in [-0.3, -0.25) is 0 Å². The Morgan fingerprint density at radius 3 is 2.44 bits per heavy atom. The molecule has 1 fully saturated rings. The lowest BCUT2D eigenvalue weighted by Gasteiger charge is -2.37. The molecule has 3 N–H and O–H groups in total. The van der Waals surface area contributed by atoms with Gasteiger partial charge in [-0.2, -0.15) is 0 Å². The highest BCUT2D eigenvalue weighted by Gasteiger charge is 2.30. The molecule has 0 aromatic heterocycles. The molecule has 3 heteroatoms. The summed E-state index contributed by atoms with van der Waals surface area (Å²) in [6, 6.07) is 9.94. The van der Waals surface area contributed by atoms with Crippen LogP contribution in [0.1, 0.15) is 25.3 Å². The molecule has 1 heterocycles. The maximum absolute atomic E-state index is 9.67. The summed E-state index contributed by atoms with van der Waals surface area (Å²) in [5, 5.41) is 9.67. The lowest BCUT2D eigenvalue weighted by atomic mass is 9.89. The van der Waals surface area contributed by atoms with E-state index in [9.17, 15) is 5.11 Å². The van der Waals surface area contributed by atoms with E-state index in [1.165, 1.54) is 12.8 Å². The Morgan fingerprint density at radius 2 is 1.89 bits per heavy atom. The average molecular weight is 248 g/mol. The molecule has 100 valence electrons. The summed E-state index contributed by atoms with van der Waals surface area (Å²) in [6.07, 6.45) is 2.46. The fourth-order valence-corrected chi connectivity index (χ4v) is 2.62. The van der Waals surface area contributed by atoms with Gasteiger partial charge in [-0.15, -0.1) is 0 Å². The lowest BCUT2D eigenvalue weighted by Crippen LogP contribution is -2.52. The highest BCUT2D eigenvalue weighted by atomic mass is 16.3. The minimum atomic E-state index is -0.637. The van der Waals surface area contributed by atoms with Crippen LogP contribution in [-0.4, -0.2) is 36.2 Å². The van der Waals surface area contributed by atoms with Gasteiger partial charge in [0.1, 0.15) is 0 Å². The molecule has 0 spiro atoms. The standard InChI is InChI=1S/C15H24N2O/c1-13-7-9-17(10-8-13)11-15(16,12-18)14-5-3-2-4-6-14/h2-6,13,18H,7-12,16H2,1H3. The van der Waals surface area contributed by atoms with E-state index < -0.39 is 5.54 Å².